The maximum atomic E-state index is 5.57. The third kappa shape index (κ3) is 4.43. The lowest BCUT2D eigenvalue weighted by Crippen LogP contribution is -2.37. The summed E-state index contributed by atoms with van der Waals surface area (Å²) in [7, 11) is 0. The highest BCUT2D eigenvalue weighted by Crippen LogP contribution is 2.18. The lowest BCUT2D eigenvalue weighted by Gasteiger charge is -2.32. The fourth-order valence-corrected chi connectivity index (χ4v) is 2.11. The van der Waals surface area contributed by atoms with Crippen molar-refractivity contribution in [3.05, 3.63) is 0 Å². The molecule has 0 amide bonds. The Balaban J connectivity index is 2.11. The summed E-state index contributed by atoms with van der Waals surface area (Å²) >= 11 is 0. The lowest BCUT2D eigenvalue weighted by atomic mass is 9.96. The van der Waals surface area contributed by atoms with Crippen LogP contribution in [0, 0.1) is 5.92 Å². The third-order valence-corrected chi connectivity index (χ3v) is 3.04. The molecule has 1 saturated heterocycles. The number of nitrogens with zero attached hydrogens (tertiary/aromatic N) is 1. The predicted octanol–water partition coefficient (Wildman–Crippen LogP) is 2.53. The number of rotatable bonds is 5. The van der Waals surface area contributed by atoms with Crippen molar-refractivity contribution in [3.63, 3.8) is 0 Å². The van der Waals surface area contributed by atoms with Crippen LogP contribution < -0.4 is 0 Å². The summed E-state index contributed by atoms with van der Waals surface area (Å²) in [4.78, 5) is 2.56. The molecule has 0 aliphatic carbocycles. The van der Waals surface area contributed by atoms with Gasteiger partial charge in [-0.3, -0.25) is 0 Å². The molecule has 1 aliphatic rings. The van der Waals surface area contributed by atoms with E-state index in [2.05, 4.69) is 25.7 Å². The average Bonchev–Trinajstić information content (AvgIpc) is 2.18. The van der Waals surface area contributed by atoms with Crippen LogP contribution in [0.2, 0.25) is 0 Å². The molecule has 2 nitrogen and oxygen atoms in total. The first-order chi connectivity index (χ1) is 6.72. The molecule has 1 heterocycles. The molecule has 0 spiro atoms. The van der Waals surface area contributed by atoms with Gasteiger partial charge in [0.15, 0.2) is 0 Å². The van der Waals surface area contributed by atoms with Crippen LogP contribution in [0.4, 0.5) is 0 Å². The second-order valence-corrected chi connectivity index (χ2v) is 4.64. The summed E-state index contributed by atoms with van der Waals surface area (Å²) < 4.78 is 5.57. The van der Waals surface area contributed by atoms with E-state index >= 15 is 0 Å². The van der Waals surface area contributed by atoms with Crippen LogP contribution in [0.5, 0.6) is 0 Å². The monoisotopic (exact) mass is 199 g/mol. The van der Waals surface area contributed by atoms with Crippen LogP contribution in [0.3, 0.4) is 0 Å². The van der Waals surface area contributed by atoms with E-state index < -0.39 is 0 Å². The van der Waals surface area contributed by atoms with Gasteiger partial charge >= 0.3 is 0 Å². The summed E-state index contributed by atoms with van der Waals surface area (Å²) in [5.74, 6) is 0.933. The smallest absolute Gasteiger partial charge is 0.0596 e. The van der Waals surface area contributed by atoms with Gasteiger partial charge in [0.25, 0.3) is 0 Å². The Labute approximate surface area is 88.6 Å². The van der Waals surface area contributed by atoms with Crippen molar-refractivity contribution in [2.75, 3.05) is 26.2 Å². The van der Waals surface area contributed by atoms with E-state index in [9.17, 15) is 0 Å². The molecule has 1 atom stereocenters. The highest BCUT2D eigenvalue weighted by molar-refractivity contribution is 4.71. The van der Waals surface area contributed by atoms with Crippen LogP contribution in [0.1, 0.15) is 40.0 Å². The molecule has 0 saturated carbocycles. The maximum absolute atomic E-state index is 5.57. The Morgan fingerprint density at radius 1 is 1.43 bits per heavy atom. The van der Waals surface area contributed by atoms with Gasteiger partial charge in [0.1, 0.15) is 0 Å². The zero-order chi connectivity index (χ0) is 10.4. The molecule has 0 aromatic rings. The van der Waals surface area contributed by atoms with Gasteiger partial charge in [0.05, 0.1) is 12.7 Å². The van der Waals surface area contributed by atoms with Gasteiger partial charge in [0, 0.05) is 13.1 Å². The van der Waals surface area contributed by atoms with E-state index in [1.54, 1.807) is 0 Å². The van der Waals surface area contributed by atoms with Gasteiger partial charge in [-0.2, -0.15) is 0 Å². The number of ether oxygens (including phenoxy) is 1. The molecule has 1 aliphatic heterocycles. The summed E-state index contributed by atoms with van der Waals surface area (Å²) in [5, 5.41) is 0. The number of piperidine rings is 1. The summed E-state index contributed by atoms with van der Waals surface area (Å²) in [5.41, 5.74) is 0. The second kappa shape index (κ2) is 6.41. The normalized spacial score (nSPS) is 24.4. The van der Waals surface area contributed by atoms with Gasteiger partial charge in [-0.25, -0.2) is 0 Å². The van der Waals surface area contributed by atoms with E-state index in [0.29, 0.717) is 6.10 Å². The Morgan fingerprint density at radius 2 is 2.21 bits per heavy atom. The molecule has 0 N–H and O–H groups in total. The van der Waals surface area contributed by atoms with Crippen LogP contribution in [-0.2, 0) is 4.74 Å². The quantitative estimate of drug-likeness (QED) is 0.674. The van der Waals surface area contributed by atoms with Crippen molar-refractivity contribution >= 4 is 0 Å². The van der Waals surface area contributed by atoms with Crippen molar-refractivity contribution < 1.29 is 4.74 Å². The molecule has 0 unspecified atom stereocenters. The van der Waals surface area contributed by atoms with Gasteiger partial charge in [0.2, 0.25) is 0 Å². The van der Waals surface area contributed by atoms with E-state index in [4.69, 9.17) is 4.74 Å². The van der Waals surface area contributed by atoms with Crippen LogP contribution in [0.15, 0.2) is 0 Å². The fraction of sp³-hybridized carbons (Fsp3) is 1.00. The lowest BCUT2D eigenvalue weighted by molar-refractivity contribution is 0.0485. The van der Waals surface area contributed by atoms with E-state index in [-0.39, 0.29) is 0 Å². The Bertz CT molecular complexity index is 147. The molecule has 0 aromatic heterocycles. The Morgan fingerprint density at radius 3 is 2.86 bits per heavy atom. The highest BCUT2D eigenvalue weighted by atomic mass is 16.5. The maximum Gasteiger partial charge on any atom is 0.0596 e. The zero-order valence-corrected chi connectivity index (χ0v) is 9.96. The molecule has 1 fully saturated rings. The van der Waals surface area contributed by atoms with Crippen molar-refractivity contribution in [2.45, 2.75) is 46.1 Å². The predicted molar refractivity (Wildman–Crippen MR) is 60.5 cm³/mol. The first-order valence-corrected chi connectivity index (χ1v) is 6.06. The SMILES string of the molecule is CC[C@H]1CCCN(CCOC(C)C)C1. The third-order valence-electron chi connectivity index (χ3n) is 3.04. The molecule has 0 radical (unpaired) electrons. The van der Waals surface area contributed by atoms with Crippen LogP contribution in [-0.4, -0.2) is 37.2 Å². The number of hydrogen-bond donors (Lipinski definition) is 0. The largest absolute Gasteiger partial charge is 0.377 e. The van der Waals surface area contributed by atoms with Crippen molar-refractivity contribution in [1.29, 1.82) is 0 Å². The molecular formula is C12H25NO. The van der Waals surface area contributed by atoms with Gasteiger partial charge < -0.3 is 9.64 Å². The highest BCUT2D eigenvalue weighted by Gasteiger charge is 2.17. The Kier molecular flexibility index (Phi) is 5.49. The molecular weight excluding hydrogens is 174 g/mol. The summed E-state index contributed by atoms with van der Waals surface area (Å²) in [6, 6.07) is 0. The molecule has 84 valence electrons. The van der Waals surface area contributed by atoms with E-state index in [1.807, 2.05) is 0 Å². The van der Waals surface area contributed by atoms with Crippen molar-refractivity contribution in [2.24, 2.45) is 5.92 Å². The molecule has 0 bridgehead atoms. The summed E-state index contributed by atoms with van der Waals surface area (Å²) in [6.07, 6.45) is 4.52. The van der Waals surface area contributed by atoms with Gasteiger partial charge in [-0.1, -0.05) is 13.3 Å². The van der Waals surface area contributed by atoms with E-state index in [0.717, 1.165) is 19.1 Å². The molecule has 2 heteroatoms. The van der Waals surface area contributed by atoms with Crippen LogP contribution in [0.25, 0.3) is 0 Å². The van der Waals surface area contributed by atoms with Crippen LogP contribution >= 0.6 is 0 Å². The van der Waals surface area contributed by atoms with Crippen molar-refractivity contribution in [1.82, 2.24) is 4.90 Å². The number of likely N-dealkylation sites (tertiary alicyclic amines) is 1. The van der Waals surface area contributed by atoms with Crippen molar-refractivity contribution in [3.8, 4) is 0 Å². The minimum absolute atomic E-state index is 0.377. The minimum Gasteiger partial charge on any atom is -0.377 e. The first-order valence-electron chi connectivity index (χ1n) is 6.06. The van der Waals surface area contributed by atoms with E-state index in [1.165, 1.54) is 32.4 Å². The fourth-order valence-electron chi connectivity index (χ4n) is 2.11. The Hall–Kier alpha value is -0.0800. The molecule has 14 heavy (non-hydrogen) atoms. The zero-order valence-electron chi connectivity index (χ0n) is 9.96. The average molecular weight is 199 g/mol. The number of hydrogen-bond acceptors (Lipinski definition) is 2. The standard InChI is InChI=1S/C12H25NO/c1-4-12-6-5-7-13(10-12)8-9-14-11(2)3/h11-12H,4-10H2,1-3H3/t12-/m0/s1. The summed E-state index contributed by atoms with van der Waals surface area (Å²) in [6.45, 7) is 11.1. The minimum atomic E-state index is 0.377. The first kappa shape index (κ1) is 12.0. The molecule has 1 rings (SSSR count). The molecule has 0 aromatic carbocycles. The second-order valence-electron chi connectivity index (χ2n) is 4.64. The van der Waals surface area contributed by atoms with Gasteiger partial charge in [-0.15, -0.1) is 0 Å². The van der Waals surface area contributed by atoms with Gasteiger partial charge in [-0.05, 0) is 39.2 Å². The topological polar surface area (TPSA) is 12.5 Å².